The number of rotatable bonds is 8. The fourth-order valence-corrected chi connectivity index (χ4v) is 4.24. The van der Waals surface area contributed by atoms with Gasteiger partial charge in [0.1, 0.15) is 18.0 Å². The molecule has 1 aliphatic heterocycles. The Bertz CT molecular complexity index is 830. The van der Waals surface area contributed by atoms with Gasteiger partial charge in [-0.2, -0.15) is 0 Å². The molecule has 154 valence electrons. The number of amides is 2. The van der Waals surface area contributed by atoms with Crippen molar-refractivity contribution < 1.29 is 37.0 Å². The first-order valence-corrected chi connectivity index (χ1v) is 10.2. The van der Waals surface area contributed by atoms with E-state index in [2.05, 4.69) is 10.6 Å². The zero-order valence-electron chi connectivity index (χ0n) is 15.5. The van der Waals surface area contributed by atoms with Gasteiger partial charge in [0.2, 0.25) is 0 Å². The summed E-state index contributed by atoms with van der Waals surface area (Å²) in [5.74, 6) is -1.22. The van der Waals surface area contributed by atoms with Gasteiger partial charge < -0.3 is 24.8 Å². The number of sulfone groups is 1. The lowest BCUT2D eigenvalue weighted by Crippen LogP contribution is -2.39. The van der Waals surface area contributed by atoms with E-state index < -0.39 is 46.8 Å². The zero-order valence-corrected chi connectivity index (χ0v) is 16.3. The van der Waals surface area contributed by atoms with Crippen molar-refractivity contribution >= 4 is 27.6 Å². The van der Waals surface area contributed by atoms with Crippen LogP contribution >= 0.6 is 0 Å². The van der Waals surface area contributed by atoms with Crippen LogP contribution in [0.15, 0.2) is 18.2 Å². The molecule has 10 nitrogen and oxygen atoms in total. The van der Waals surface area contributed by atoms with Gasteiger partial charge in [0.15, 0.2) is 16.4 Å². The first-order chi connectivity index (χ1) is 13.2. The Morgan fingerprint density at radius 3 is 2.29 bits per heavy atom. The SMILES string of the molecule is COc1cc(OC)cc(C(=O)NCC(=O)OCC(=O)N[C@H]2CCS(=O)(=O)C2)c1. The lowest BCUT2D eigenvalue weighted by Gasteiger charge is -2.11. The highest BCUT2D eigenvalue weighted by Gasteiger charge is 2.29. The van der Waals surface area contributed by atoms with Crippen LogP contribution in [-0.2, 0) is 24.2 Å². The first kappa shape index (κ1) is 21.5. The molecule has 2 N–H and O–H groups in total. The number of benzene rings is 1. The minimum absolute atomic E-state index is 0.0266. The topological polar surface area (TPSA) is 137 Å². The highest BCUT2D eigenvalue weighted by Crippen LogP contribution is 2.22. The maximum Gasteiger partial charge on any atom is 0.325 e. The van der Waals surface area contributed by atoms with Crippen LogP contribution < -0.4 is 20.1 Å². The molecule has 1 saturated heterocycles. The summed E-state index contributed by atoms with van der Waals surface area (Å²) in [4.78, 5) is 35.6. The second kappa shape index (κ2) is 9.40. The molecule has 0 spiro atoms. The first-order valence-electron chi connectivity index (χ1n) is 8.39. The van der Waals surface area contributed by atoms with Crippen LogP contribution in [0.1, 0.15) is 16.8 Å². The number of hydrogen-bond acceptors (Lipinski definition) is 8. The van der Waals surface area contributed by atoms with E-state index in [1.54, 1.807) is 6.07 Å². The van der Waals surface area contributed by atoms with Crippen LogP contribution in [0.2, 0.25) is 0 Å². The molecule has 2 amide bonds. The molecule has 1 aliphatic rings. The number of carbonyl (C=O) groups is 3. The molecule has 0 aromatic heterocycles. The second-order valence-electron chi connectivity index (χ2n) is 6.11. The highest BCUT2D eigenvalue weighted by molar-refractivity contribution is 7.91. The van der Waals surface area contributed by atoms with E-state index in [1.807, 2.05) is 0 Å². The van der Waals surface area contributed by atoms with E-state index in [-0.39, 0.29) is 17.1 Å². The van der Waals surface area contributed by atoms with Crippen LogP contribution in [0.5, 0.6) is 11.5 Å². The lowest BCUT2D eigenvalue weighted by molar-refractivity contribution is -0.147. The molecule has 0 saturated carbocycles. The predicted octanol–water partition coefficient (Wildman–Crippen LogP) is -0.720. The van der Waals surface area contributed by atoms with Crippen molar-refractivity contribution in [1.29, 1.82) is 0 Å². The molecule has 0 radical (unpaired) electrons. The summed E-state index contributed by atoms with van der Waals surface area (Å²) in [7, 11) is -0.226. The fourth-order valence-electron chi connectivity index (χ4n) is 2.57. The van der Waals surface area contributed by atoms with Gasteiger partial charge in [-0.1, -0.05) is 0 Å². The maximum absolute atomic E-state index is 12.1. The van der Waals surface area contributed by atoms with Crippen molar-refractivity contribution in [3.05, 3.63) is 23.8 Å². The molecule has 0 aliphatic carbocycles. The predicted molar refractivity (Wildman–Crippen MR) is 98.0 cm³/mol. The largest absolute Gasteiger partial charge is 0.497 e. The Kier molecular flexibility index (Phi) is 7.21. The molecule has 11 heteroatoms. The Labute approximate surface area is 162 Å². The maximum atomic E-state index is 12.1. The molecule has 28 heavy (non-hydrogen) atoms. The van der Waals surface area contributed by atoms with Gasteiger partial charge in [-0.15, -0.1) is 0 Å². The van der Waals surface area contributed by atoms with Crippen LogP contribution in [-0.4, -0.2) is 71.1 Å². The van der Waals surface area contributed by atoms with Gasteiger partial charge in [-0.05, 0) is 18.6 Å². The summed E-state index contributed by atoms with van der Waals surface area (Å²) in [6.45, 7) is -0.998. The Morgan fingerprint density at radius 1 is 1.11 bits per heavy atom. The Balaban J connectivity index is 1.76. The molecule has 2 rings (SSSR count). The van der Waals surface area contributed by atoms with Gasteiger partial charge in [0.25, 0.3) is 11.8 Å². The van der Waals surface area contributed by atoms with E-state index in [1.165, 1.54) is 26.4 Å². The second-order valence-corrected chi connectivity index (χ2v) is 8.34. The fraction of sp³-hybridized carbons (Fsp3) is 0.471. The summed E-state index contributed by atoms with van der Waals surface area (Å²) in [6, 6.07) is 4.08. The third kappa shape index (κ3) is 6.41. The van der Waals surface area contributed by atoms with Crippen molar-refractivity contribution in [3.63, 3.8) is 0 Å². The van der Waals surface area contributed by atoms with Gasteiger partial charge in [-0.25, -0.2) is 8.42 Å². The van der Waals surface area contributed by atoms with E-state index in [0.29, 0.717) is 17.9 Å². The number of hydrogen-bond donors (Lipinski definition) is 2. The molecular weight excluding hydrogens is 392 g/mol. The third-order valence-electron chi connectivity index (χ3n) is 3.97. The van der Waals surface area contributed by atoms with E-state index in [9.17, 15) is 22.8 Å². The van der Waals surface area contributed by atoms with Crippen molar-refractivity contribution in [1.82, 2.24) is 10.6 Å². The van der Waals surface area contributed by atoms with Gasteiger partial charge in [0.05, 0.1) is 25.7 Å². The minimum atomic E-state index is -3.11. The number of nitrogens with one attached hydrogen (secondary N) is 2. The molecule has 1 aromatic rings. The van der Waals surface area contributed by atoms with Crippen molar-refractivity contribution in [3.8, 4) is 11.5 Å². The average Bonchev–Trinajstić information content (AvgIpc) is 3.01. The molecular formula is C17H22N2O8S. The number of esters is 1. The Hall–Kier alpha value is -2.82. The Morgan fingerprint density at radius 2 is 1.75 bits per heavy atom. The zero-order chi connectivity index (χ0) is 20.7. The average molecular weight is 414 g/mol. The molecule has 0 unspecified atom stereocenters. The molecule has 1 atom stereocenters. The number of ether oxygens (including phenoxy) is 3. The third-order valence-corrected chi connectivity index (χ3v) is 5.74. The smallest absolute Gasteiger partial charge is 0.325 e. The summed E-state index contributed by atoms with van der Waals surface area (Å²) in [5.41, 5.74) is 0.226. The summed E-state index contributed by atoms with van der Waals surface area (Å²) in [5, 5.41) is 4.87. The van der Waals surface area contributed by atoms with E-state index in [4.69, 9.17) is 14.2 Å². The molecule has 1 heterocycles. The van der Waals surface area contributed by atoms with E-state index >= 15 is 0 Å². The van der Waals surface area contributed by atoms with Crippen LogP contribution in [0, 0.1) is 0 Å². The summed E-state index contributed by atoms with van der Waals surface area (Å²) < 4.78 is 37.6. The summed E-state index contributed by atoms with van der Waals surface area (Å²) >= 11 is 0. The van der Waals surface area contributed by atoms with Crippen LogP contribution in [0.3, 0.4) is 0 Å². The number of methoxy groups -OCH3 is 2. The van der Waals surface area contributed by atoms with E-state index in [0.717, 1.165) is 0 Å². The highest BCUT2D eigenvalue weighted by atomic mass is 32.2. The van der Waals surface area contributed by atoms with Crippen molar-refractivity contribution in [2.45, 2.75) is 12.5 Å². The number of carbonyl (C=O) groups excluding carboxylic acids is 3. The van der Waals surface area contributed by atoms with Crippen molar-refractivity contribution in [2.75, 3.05) is 38.9 Å². The minimum Gasteiger partial charge on any atom is -0.497 e. The molecule has 0 bridgehead atoms. The van der Waals surface area contributed by atoms with Crippen molar-refractivity contribution in [2.24, 2.45) is 0 Å². The monoisotopic (exact) mass is 414 g/mol. The van der Waals surface area contributed by atoms with Gasteiger partial charge >= 0.3 is 5.97 Å². The molecule has 1 fully saturated rings. The van der Waals surface area contributed by atoms with Gasteiger partial charge in [0, 0.05) is 17.7 Å². The standard InChI is InChI=1S/C17H22N2O8S/c1-25-13-5-11(6-14(7-13)26-2)17(22)18-8-16(21)27-9-15(20)19-12-3-4-28(23,24)10-12/h5-7,12H,3-4,8-10H2,1-2H3,(H,18,22)(H,19,20)/t12-/m0/s1. The summed E-state index contributed by atoms with van der Waals surface area (Å²) in [6.07, 6.45) is 0.335. The van der Waals surface area contributed by atoms with Crippen LogP contribution in [0.4, 0.5) is 0 Å². The van der Waals surface area contributed by atoms with Crippen LogP contribution in [0.25, 0.3) is 0 Å². The molecule has 1 aromatic carbocycles. The van der Waals surface area contributed by atoms with Gasteiger partial charge in [-0.3, -0.25) is 14.4 Å². The lowest BCUT2D eigenvalue weighted by atomic mass is 10.2. The quantitative estimate of drug-likeness (QED) is 0.532. The normalized spacial score (nSPS) is 17.4.